The summed E-state index contributed by atoms with van der Waals surface area (Å²) in [5.74, 6) is 1.28. The second kappa shape index (κ2) is 8.99. The van der Waals surface area contributed by atoms with Crippen molar-refractivity contribution < 1.29 is 19.1 Å². The molecule has 1 atom stereocenters. The van der Waals surface area contributed by atoms with Crippen molar-refractivity contribution >= 4 is 11.8 Å². The quantitative estimate of drug-likeness (QED) is 0.779. The topological polar surface area (TPSA) is 59.1 Å². The molecule has 154 valence electrons. The zero-order valence-corrected chi connectivity index (χ0v) is 17.5. The summed E-state index contributed by atoms with van der Waals surface area (Å²) in [5.41, 5.74) is 2.73. The van der Waals surface area contributed by atoms with Crippen LogP contribution < -0.4 is 9.47 Å². The number of methoxy groups -OCH3 is 1. The molecule has 0 spiro atoms. The number of amides is 2. The molecule has 0 aromatic heterocycles. The third kappa shape index (κ3) is 4.88. The van der Waals surface area contributed by atoms with E-state index in [-0.39, 0.29) is 11.8 Å². The van der Waals surface area contributed by atoms with Crippen molar-refractivity contribution in [1.82, 2.24) is 9.80 Å². The van der Waals surface area contributed by atoms with Crippen LogP contribution in [0.25, 0.3) is 0 Å². The van der Waals surface area contributed by atoms with Crippen LogP contribution in [0.3, 0.4) is 0 Å². The van der Waals surface area contributed by atoms with Crippen LogP contribution >= 0.6 is 0 Å². The molecule has 2 aromatic carbocycles. The van der Waals surface area contributed by atoms with E-state index in [9.17, 15) is 9.59 Å². The lowest BCUT2D eigenvalue weighted by Crippen LogP contribution is -2.53. The lowest BCUT2D eigenvalue weighted by atomic mass is 10.1. The van der Waals surface area contributed by atoms with Crippen molar-refractivity contribution in [3.8, 4) is 11.5 Å². The third-order valence-corrected chi connectivity index (χ3v) is 5.22. The van der Waals surface area contributed by atoms with Gasteiger partial charge < -0.3 is 19.3 Å². The van der Waals surface area contributed by atoms with Crippen LogP contribution in [0, 0.1) is 13.8 Å². The Labute approximate surface area is 172 Å². The summed E-state index contributed by atoms with van der Waals surface area (Å²) in [4.78, 5) is 29.1. The fraction of sp³-hybridized carbons (Fsp3) is 0.391. The number of ether oxygens (including phenoxy) is 2. The number of carbonyl (C=O) groups is 2. The van der Waals surface area contributed by atoms with Crippen molar-refractivity contribution in [2.45, 2.75) is 26.9 Å². The molecule has 1 unspecified atom stereocenters. The van der Waals surface area contributed by atoms with Gasteiger partial charge in [-0.3, -0.25) is 9.59 Å². The van der Waals surface area contributed by atoms with E-state index >= 15 is 0 Å². The van der Waals surface area contributed by atoms with Gasteiger partial charge in [0.2, 0.25) is 0 Å². The van der Waals surface area contributed by atoms with Crippen molar-refractivity contribution in [3.05, 3.63) is 59.2 Å². The predicted molar refractivity (Wildman–Crippen MR) is 111 cm³/mol. The minimum atomic E-state index is -0.568. The number of carbonyl (C=O) groups excluding carboxylic acids is 2. The standard InChI is InChI=1S/C23H28N2O4/c1-16-5-9-20(10-6-16)29-18(3)22(26)24-11-13-25(14-12-24)23(27)19-8-7-17(2)21(15-19)28-4/h5-10,15,18H,11-14H2,1-4H3. The summed E-state index contributed by atoms with van der Waals surface area (Å²) in [6.07, 6.45) is -0.568. The fourth-order valence-corrected chi connectivity index (χ4v) is 3.39. The highest BCUT2D eigenvalue weighted by atomic mass is 16.5. The second-order valence-electron chi connectivity index (χ2n) is 7.38. The van der Waals surface area contributed by atoms with E-state index in [2.05, 4.69) is 0 Å². The Morgan fingerprint density at radius 3 is 2.17 bits per heavy atom. The highest BCUT2D eigenvalue weighted by Gasteiger charge is 2.28. The van der Waals surface area contributed by atoms with Crippen LogP contribution in [-0.4, -0.2) is 61.0 Å². The van der Waals surface area contributed by atoms with Crippen molar-refractivity contribution in [2.24, 2.45) is 0 Å². The minimum absolute atomic E-state index is 0.0423. The highest BCUT2D eigenvalue weighted by Crippen LogP contribution is 2.21. The van der Waals surface area contributed by atoms with E-state index in [1.54, 1.807) is 29.9 Å². The first-order chi connectivity index (χ1) is 13.9. The van der Waals surface area contributed by atoms with Gasteiger partial charge in [0, 0.05) is 31.7 Å². The molecule has 1 saturated heterocycles. The fourth-order valence-electron chi connectivity index (χ4n) is 3.39. The molecule has 29 heavy (non-hydrogen) atoms. The molecule has 1 aliphatic rings. The minimum Gasteiger partial charge on any atom is -0.496 e. The summed E-state index contributed by atoms with van der Waals surface area (Å²) < 4.78 is 11.1. The lowest BCUT2D eigenvalue weighted by molar-refractivity contribution is -0.139. The molecule has 3 rings (SSSR count). The predicted octanol–water partition coefficient (Wildman–Crippen LogP) is 3.06. The van der Waals surface area contributed by atoms with Crippen LogP contribution in [0.4, 0.5) is 0 Å². The molecule has 0 radical (unpaired) electrons. The van der Waals surface area contributed by atoms with E-state index in [1.165, 1.54) is 0 Å². The highest BCUT2D eigenvalue weighted by molar-refractivity contribution is 5.95. The number of benzene rings is 2. The Balaban J connectivity index is 1.56. The number of piperazine rings is 1. The Kier molecular flexibility index (Phi) is 6.42. The van der Waals surface area contributed by atoms with Crippen molar-refractivity contribution in [1.29, 1.82) is 0 Å². The van der Waals surface area contributed by atoms with E-state index in [0.29, 0.717) is 43.2 Å². The Hall–Kier alpha value is -3.02. The van der Waals surface area contributed by atoms with Gasteiger partial charge >= 0.3 is 0 Å². The molecule has 0 N–H and O–H groups in total. The van der Waals surface area contributed by atoms with E-state index < -0.39 is 6.10 Å². The third-order valence-electron chi connectivity index (χ3n) is 5.22. The van der Waals surface area contributed by atoms with Gasteiger partial charge in [0.05, 0.1) is 7.11 Å². The molecule has 1 aliphatic heterocycles. The van der Waals surface area contributed by atoms with Crippen LogP contribution in [-0.2, 0) is 4.79 Å². The molecule has 0 aliphatic carbocycles. The Morgan fingerprint density at radius 1 is 0.931 bits per heavy atom. The molecular formula is C23H28N2O4. The van der Waals surface area contributed by atoms with Crippen LogP contribution in [0.2, 0.25) is 0 Å². The molecule has 2 amide bonds. The van der Waals surface area contributed by atoms with E-state index in [0.717, 1.165) is 11.1 Å². The molecule has 6 nitrogen and oxygen atoms in total. The molecule has 6 heteroatoms. The summed E-state index contributed by atoms with van der Waals surface area (Å²) >= 11 is 0. The molecule has 1 fully saturated rings. The SMILES string of the molecule is COc1cc(C(=O)N2CCN(C(=O)C(C)Oc3ccc(C)cc3)CC2)ccc1C. The normalized spacial score (nSPS) is 15.0. The van der Waals surface area contributed by atoms with Gasteiger partial charge in [-0.1, -0.05) is 23.8 Å². The summed E-state index contributed by atoms with van der Waals surface area (Å²) in [5, 5.41) is 0. The average molecular weight is 396 g/mol. The van der Waals surface area contributed by atoms with E-state index in [4.69, 9.17) is 9.47 Å². The first-order valence-corrected chi connectivity index (χ1v) is 9.85. The number of rotatable bonds is 5. The molecular weight excluding hydrogens is 368 g/mol. The van der Waals surface area contributed by atoms with Gasteiger partial charge in [-0.15, -0.1) is 0 Å². The van der Waals surface area contributed by atoms with Crippen LogP contribution in [0.5, 0.6) is 11.5 Å². The summed E-state index contributed by atoms with van der Waals surface area (Å²) in [6, 6.07) is 13.1. The maximum Gasteiger partial charge on any atom is 0.263 e. The first kappa shape index (κ1) is 20.7. The second-order valence-corrected chi connectivity index (χ2v) is 7.38. The molecule has 0 saturated carbocycles. The molecule has 1 heterocycles. The van der Waals surface area contributed by atoms with Crippen molar-refractivity contribution in [2.75, 3.05) is 33.3 Å². The zero-order chi connectivity index (χ0) is 21.0. The monoisotopic (exact) mass is 396 g/mol. The smallest absolute Gasteiger partial charge is 0.263 e. The van der Waals surface area contributed by atoms with Gasteiger partial charge in [0.25, 0.3) is 11.8 Å². The first-order valence-electron chi connectivity index (χ1n) is 9.85. The number of aryl methyl sites for hydroxylation is 2. The maximum atomic E-state index is 12.8. The van der Waals surface area contributed by atoms with Crippen LogP contribution in [0.1, 0.15) is 28.4 Å². The summed E-state index contributed by atoms with van der Waals surface area (Å²) in [7, 11) is 1.60. The summed E-state index contributed by atoms with van der Waals surface area (Å²) in [6.45, 7) is 7.70. The molecule has 0 bridgehead atoms. The maximum absolute atomic E-state index is 12.8. The number of hydrogen-bond acceptors (Lipinski definition) is 4. The number of nitrogens with zero attached hydrogens (tertiary/aromatic N) is 2. The molecule has 2 aromatic rings. The van der Waals surface area contributed by atoms with E-state index in [1.807, 2.05) is 50.2 Å². The Morgan fingerprint density at radius 2 is 1.55 bits per heavy atom. The Bertz CT molecular complexity index is 871. The zero-order valence-electron chi connectivity index (χ0n) is 17.5. The van der Waals surface area contributed by atoms with Gasteiger partial charge in [0.15, 0.2) is 6.10 Å². The van der Waals surface area contributed by atoms with Gasteiger partial charge in [0.1, 0.15) is 11.5 Å². The van der Waals surface area contributed by atoms with Gasteiger partial charge in [-0.05, 0) is 50.6 Å². The van der Waals surface area contributed by atoms with Gasteiger partial charge in [-0.25, -0.2) is 0 Å². The number of hydrogen-bond donors (Lipinski definition) is 0. The van der Waals surface area contributed by atoms with Crippen LogP contribution in [0.15, 0.2) is 42.5 Å². The average Bonchev–Trinajstić information content (AvgIpc) is 2.74. The largest absolute Gasteiger partial charge is 0.496 e. The van der Waals surface area contributed by atoms with Gasteiger partial charge in [-0.2, -0.15) is 0 Å². The lowest BCUT2D eigenvalue weighted by Gasteiger charge is -2.36. The van der Waals surface area contributed by atoms with Crippen molar-refractivity contribution in [3.63, 3.8) is 0 Å².